The topological polar surface area (TPSA) is 41.1 Å². The Morgan fingerprint density at radius 2 is 2.35 bits per heavy atom. The highest BCUT2D eigenvalue weighted by Gasteiger charge is 2.15. The molecular formula is C12H16BrClN2O. The summed E-state index contributed by atoms with van der Waals surface area (Å²) in [5, 5.41) is 6.25. The van der Waals surface area contributed by atoms with Gasteiger partial charge < -0.3 is 10.6 Å². The Labute approximate surface area is 116 Å². The molecule has 1 atom stereocenters. The largest absolute Gasteiger partial charge is 0.352 e. The van der Waals surface area contributed by atoms with E-state index in [9.17, 15) is 4.79 Å². The smallest absolute Gasteiger partial charge is 0.251 e. The molecule has 0 saturated carbocycles. The van der Waals surface area contributed by atoms with Crippen molar-refractivity contribution in [1.82, 2.24) is 10.6 Å². The molecule has 0 aliphatic carbocycles. The van der Waals surface area contributed by atoms with Crippen molar-refractivity contribution in [2.75, 3.05) is 19.6 Å². The molecule has 0 bridgehead atoms. The fraction of sp³-hybridized carbons (Fsp3) is 0.417. The quantitative estimate of drug-likeness (QED) is 0.897. The van der Waals surface area contributed by atoms with E-state index in [1.165, 1.54) is 0 Å². The monoisotopic (exact) mass is 318 g/mol. The second-order valence-corrected chi connectivity index (χ2v) is 4.99. The molecule has 2 rings (SSSR count). The zero-order chi connectivity index (χ0) is 11.4. The average molecular weight is 320 g/mol. The average Bonchev–Trinajstić information content (AvgIpc) is 2.78. The lowest BCUT2D eigenvalue weighted by Crippen LogP contribution is -2.30. The molecule has 1 aliphatic heterocycles. The summed E-state index contributed by atoms with van der Waals surface area (Å²) in [5.41, 5.74) is 0.709. The predicted octanol–water partition coefficient (Wildman–Crippen LogP) is 2.21. The number of carbonyl (C=O) groups excluding carboxylic acids is 1. The van der Waals surface area contributed by atoms with E-state index in [0.29, 0.717) is 11.5 Å². The zero-order valence-corrected chi connectivity index (χ0v) is 11.8. The molecule has 5 heteroatoms. The molecule has 1 heterocycles. The van der Waals surface area contributed by atoms with E-state index in [-0.39, 0.29) is 18.3 Å². The molecule has 0 radical (unpaired) electrons. The first-order valence-corrected chi connectivity index (χ1v) is 6.29. The Morgan fingerprint density at radius 3 is 3.00 bits per heavy atom. The minimum absolute atomic E-state index is 0. The Kier molecular flexibility index (Phi) is 5.95. The summed E-state index contributed by atoms with van der Waals surface area (Å²) in [6.07, 6.45) is 1.15. The van der Waals surface area contributed by atoms with Crippen LogP contribution < -0.4 is 10.6 Å². The van der Waals surface area contributed by atoms with E-state index >= 15 is 0 Å². The number of nitrogens with one attached hydrogen (secondary N) is 2. The van der Waals surface area contributed by atoms with Gasteiger partial charge in [-0.3, -0.25) is 4.79 Å². The number of amides is 1. The van der Waals surface area contributed by atoms with Crippen LogP contribution in [0.4, 0.5) is 0 Å². The first-order chi connectivity index (χ1) is 7.75. The van der Waals surface area contributed by atoms with Gasteiger partial charge in [-0.2, -0.15) is 0 Å². The maximum atomic E-state index is 11.8. The third kappa shape index (κ3) is 4.30. The predicted molar refractivity (Wildman–Crippen MR) is 74.7 cm³/mol. The molecule has 1 aromatic carbocycles. The van der Waals surface area contributed by atoms with Crippen molar-refractivity contribution in [3.63, 3.8) is 0 Å². The van der Waals surface area contributed by atoms with E-state index in [1.54, 1.807) is 0 Å². The Balaban J connectivity index is 0.00000144. The summed E-state index contributed by atoms with van der Waals surface area (Å²) in [7, 11) is 0. The highest BCUT2D eigenvalue weighted by Crippen LogP contribution is 2.12. The second-order valence-electron chi connectivity index (χ2n) is 4.08. The van der Waals surface area contributed by atoms with Gasteiger partial charge in [0.05, 0.1) is 0 Å². The fourth-order valence-corrected chi connectivity index (χ4v) is 2.26. The van der Waals surface area contributed by atoms with Crippen LogP contribution in [0.3, 0.4) is 0 Å². The van der Waals surface area contributed by atoms with E-state index in [1.807, 2.05) is 24.3 Å². The lowest BCUT2D eigenvalue weighted by molar-refractivity contribution is 0.0948. The van der Waals surface area contributed by atoms with E-state index in [0.717, 1.165) is 30.5 Å². The number of carbonyl (C=O) groups is 1. The fourth-order valence-electron chi connectivity index (χ4n) is 1.86. The molecule has 1 unspecified atom stereocenters. The van der Waals surface area contributed by atoms with Crippen molar-refractivity contribution in [3.05, 3.63) is 34.3 Å². The van der Waals surface area contributed by atoms with Gasteiger partial charge in [-0.1, -0.05) is 22.0 Å². The van der Waals surface area contributed by atoms with Gasteiger partial charge in [0, 0.05) is 16.6 Å². The van der Waals surface area contributed by atoms with Crippen molar-refractivity contribution in [3.8, 4) is 0 Å². The van der Waals surface area contributed by atoms with Crippen LogP contribution in [0.1, 0.15) is 16.8 Å². The molecule has 94 valence electrons. The van der Waals surface area contributed by atoms with Crippen LogP contribution in [-0.2, 0) is 0 Å². The third-order valence-electron chi connectivity index (χ3n) is 2.80. The zero-order valence-electron chi connectivity index (χ0n) is 9.41. The Bertz CT molecular complexity index is 381. The second kappa shape index (κ2) is 6.99. The van der Waals surface area contributed by atoms with Gasteiger partial charge in [-0.15, -0.1) is 12.4 Å². The summed E-state index contributed by atoms with van der Waals surface area (Å²) in [5.74, 6) is 0.587. The minimum Gasteiger partial charge on any atom is -0.352 e. The van der Waals surface area contributed by atoms with E-state index in [2.05, 4.69) is 26.6 Å². The summed E-state index contributed by atoms with van der Waals surface area (Å²) in [4.78, 5) is 11.8. The lowest BCUT2D eigenvalue weighted by atomic mass is 10.1. The van der Waals surface area contributed by atoms with Crippen LogP contribution in [-0.4, -0.2) is 25.5 Å². The third-order valence-corrected chi connectivity index (χ3v) is 3.29. The molecule has 17 heavy (non-hydrogen) atoms. The van der Waals surface area contributed by atoms with Gasteiger partial charge >= 0.3 is 0 Å². The van der Waals surface area contributed by atoms with Crippen LogP contribution >= 0.6 is 28.3 Å². The van der Waals surface area contributed by atoms with Gasteiger partial charge in [0.15, 0.2) is 0 Å². The van der Waals surface area contributed by atoms with Gasteiger partial charge in [0.1, 0.15) is 0 Å². The molecule has 1 amide bonds. The molecular weight excluding hydrogens is 304 g/mol. The van der Waals surface area contributed by atoms with Crippen molar-refractivity contribution in [1.29, 1.82) is 0 Å². The van der Waals surface area contributed by atoms with Crippen molar-refractivity contribution < 1.29 is 4.79 Å². The number of hydrogen-bond acceptors (Lipinski definition) is 2. The molecule has 2 N–H and O–H groups in total. The van der Waals surface area contributed by atoms with Gasteiger partial charge in [-0.05, 0) is 43.6 Å². The molecule has 3 nitrogen and oxygen atoms in total. The highest BCUT2D eigenvalue weighted by atomic mass is 79.9. The van der Waals surface area contributed by atoms with Crippen LogP contribution in [0.2, 0.25) is 0 Å². The Hall–Kier alpha value is -0.580. The number of hydrogen-bond donors (Lipinski definition) is 2. The summed E-state index contributed by atoms with van der Waals surface area (Å²) in [6, 6.07) is 7.45. The number of halogens is 2. The van der Waals surface area contributed by atoms with Gasteiger partial charge in [0.2, 0.25) is 0 Å². The molecule has 1 aromatic rings. The van der Waals surface area contributed by atoms with Gasteiger partial charge in [-0.25, -0.2) is 0 Å². The minimum atomic E-state index is 0. The van der Waals surface area contributed by atoms with Crippen molar-refractivity contribution in [2.45, 2.75) is 6.42 Å². The van der Waals surface area contributed by atoms with Crippen LogP contribution in [0.5, 0.6) is 0 Å². The van der Waals surface area contributed by atoms with Crippen LogP contribution in [0.25, 0.3) is 0 Å². The maximum absolute atomic E-state index is 11.8. The van der Waals surface area contributed by atoms with E-state index < -0.39 is 0 Å². The Morgan fingerprint density at radius 1 is 1.53 bits per heavy atom. The first-order valence-electron chi connectivity index (χ1n) is 5.50. The summed E-state index contributed by atoms with van der Waals surface area (Å²) >= 11 is 3.36. The van der Waals surface area contributed by atoms with Crippen LogP contribution in [0, 0.1) is 5.92 Å². The normalized spacial score (nSPS) is 18.5. The molecule has 0 spiro atoms. The first kappa shape index (κ1) is 14.5. The maximum Gasteiger partial charge on any atom is 0.251 e. The molecule has 1 fully saturated rings. The lowest BCUT2D eigenvalue weighted by Gasteiger charge is -2.10. The summed E-state index contributed by atoms with van der Waals surface area (Å²) in [6.45, 7) is 2.84. The van der Waals surface area contributed by atoms with E-state index in [4.69, 9.17) is 0 Å². The standard InChI is InChI=1S/C12H15BrN2O.ClH/c13-11-3-1-2-10(6-11)12(16)15-8-9-4-5-14-7-9;/h1-3,6,9,14H,4-5,7-8H2,(H,15,16);1H. The van der Waals surface area contributed by atoms with Crippen LogP contribution in [0.15, 0.2) is 28.7 Å². The number of benzene rings is 1. The molecule has 1 saturated heterocycles. The molecule has 1 aliphatic rings. The van der Waals surface area contributed by atoms with Gasteiger partial charge in [0.25, 0.3) is 5.91 Å². The number of rotatable bonds is 3. The highest BCUT2D eigenvalue weighted by molar-refractivity contribution is 9.10. The SMILES string of the molecule is Cl.O=C(NCC1CCNC1)c1cccc(Br)c1. The molecule has 0 aromatic heterocycles. The summed E-state index contributed by atoms with van der Waals surface area (Å²) < 4.78 is 0.933. The van der Waals surface area contributed by atoms with Crippen molar-refractivity contribution >= 4 is 34.2 Å². The van der Waals surface area contributed by atoms with Crippen molar-refractivity contribution in [2.24, 2.45) is 5.92 Å².